The summed E-state index contributed by atoms with van der Waals surface area (Å²) in [5.74, 6) is -0.0383. The van der Waals surface area contributed by atoms with E-state index in [9.17, 15) is 9.59 Å². The fraction of sp³-hybridized carbons (Fsp3) is 0.385. The van der Waals surface area contributed by atoms with E-state index in [1.165, 1.54) is 4.90 Å². The van der Waals surface area contributed by atoms with Gasteiger partial charge in [-0.15, -0.1) is 0 Å². The molecule has 0 radical (unpaired) electrons. The quantitative estimate of drug-likeness (QED) is 0.798. The number of anilines is 1. The summed E-state index contributed by atoms with van der Waals surface area (Å²) in [7, 11) is 0. The minimum atomic E-state index is -0.310. The zero-order valence-electron chi connectivity index (χ0n) is 10.1. The molecule has 6 heteroatoms. The molecule has 19 heavy (non-hydrogen) atoms. The van der Waals surface area contributed by atoms with Crippen LogP contribution in [0, 0.1) is 0 Å². The molecule has 4 nitrogen and oxygen atoms in total. The lowest BCUT2D eigenvalue weighted by atomic mass is 10.1. The maximum Gasteiger partial charge on any atom is 0.250 e. The standard InChI is InChI=1S/C13H12Cl2N2O2/c14-9-4-3-8(6-10(9)15)17-7-12(18)16-5-1-2-11(16)13(17)19/h3-4,6,11H,1-2,5,7H2. The number of hydrogen-bond donors (Lipinski definition) is 0. The van der Waals surface area contributed by atoms with Crippen molar-refractivity contribution in [3.05, 3.63) is 28.2 Å². The number of piperazine rings is 1. The van der Waals surface area contributed by atoms with Crippen molar-refractivity contribution in [3.63, 3.8) is 0 Å². The molecule has 0 bridgehead atoms. The largest absolute Gasteiger partial charge is 0.329 e. The third kappa shape index (κ3) is 2.09. The van der Waals surface area contributed by atoms with Crippen LogP contribution in [-0.2, 0) is 9.59 Å². The molecule has 2 heterocycles. The molecular weight excluding hydrogens is 287 g/mol. The summed E-state index contributed by atoms with van der Waals surface area (Å²) in [5.41, 5.74) is 0.624. The Hall–Kier alpha value is -1.26. The minimum absolute atomic E-state index is 0.00632. The van der Waals surface area contributed by atoms with Crippen molar-refractivity contribution in [2.24, 2.45) is 0 Å². The lowest BCUT2D eigenvalue weighted by Gasteiger charge is -2.36. The number of carbonyl (C=O) groups is 2. The lowest BCUT2D eigenvalue weighted by Crippen LogP contribution is -2.57. The van der Waals surface area contributed by atoms with E-state index in [1.54, 1.807) is 23.1 Å². The van der Waals surface area contributed by atoms with Crippen LogP contribution in [0.3, 0.4) is 0 Å². The molecule has 2 amide bonds. The molecule has 0 saturated carbocycles. The van der Waals surface area contributed by atoms with Gasteiger partial charge in [-0.2, -0.15) is 0 Å². The van der Waals surface area contributed by atoms with Crippen molar-refractivity contribution in [2.75, 3.05) is 18.0 Å². The highest BCUT2D eigenvalue weighted by Gasteiger charge is 2.42. The van der Waals surface area contributed by atoms with Gasteiger partial charge in [0.25, 0.3) is 0 Å². The number of amides is 2. The predicted molar refractivity (Wildman–Crippen MR) is 73.6 cm³/mol. The van der Waals surface area contributed by atoms with Gasteiger partial charge in [-0.1, -0.05) is 23.2 Å². The van der Waals surface area contributed by atoms with Crippen molar-refractivity contribution < 1.29 is 9.59 Å². The number of carbonyl (C=O) groups excluding carboxylic acids is 2. The van der Waals surface area contributed by atoms with Gasteiger partial charge in [0, 0.05) is 12.2 Å². The topological polar surface area (TPSA) is 40.6 Å². The van der Waals surface area contributed by atoms with Crippen molar-refractivity contribution in [2.45, 2.75) is 18.9 Å². The maximum atomic E-state index is 12.4. The van der Waals surface area contributed by atoms with Crippen LogP contribution < -0.4 is 4.90 Å². The van der Waals surface area contributed by atoms with Crippen LogP contribution >= 0.6 is 23.2 Å². The first-order valence-corrected chi connectivity index (χ1v) is 6.89. The van der Waals surface area contributed by atoms with Crippen molar-refractivity contribution in [3.8, 4) is 0 Å². The third-order valence-electron chi connectivity index (χ3n) is 3.63. The number of hydrogen-bond acceptors (Lipinski definition) is 2. The van der Waals surface area contributed by atoms with Gasteiger partial charge in [-0.3, -0.25) is 9.59 Å². The van der Waals surface area contributed by atoms with E-state index in [-0.39, 0.29) is 24.4 Å². The average Bonchev–Trinajstić information content (AvgIpc) is 2.87. The van der Waals surface area contributed by atoms with Crippen molar-refractivity contribution in [1.29, 1.82) is 0 Å². The molecule has 1 unspecified atom stereocenters. The second-order valence-corrected chi connectivity index (χ2v) is 5.58. The molecule has 2 fully saturated rings. The first-order chi connectivity index (χ1) is 9.08. The second-order valence-electron chi connectivity index (χ2n) is 4.77. The van der Waals surface area contributed by atoms with E-state index < -0.39 is 0 Å². The zero-order chi connectivity index (χ0) is 13.6. The summed E-state index contributed by atoms with van der Waals surface area (Å²) in [5, 5.41) is 0.817. The van der Waals surface area contributed by atoms with Crippen LogP contribution in [0.2, 0.25) is 10.0 Å². The van der Waals surface area contributed by atoms with Crippen LogP contribution in [0.4, 0.5) is 5.69 Å². The number of benzene rings is 1. The van der Waals surface area contributed by atoms with Crippen LogP contribution in [-0.4, -0.2) is 35.8 Å². The average molecular weight is 299 g/mol. The van der Waals surface area contributed by atoms with E-state index in [2.05, 4.69) is 0 Å². The highest BCUT2D eigenvalue weighted by molar-refractivity contribution is 6.42. The smallest absolute Gasteiger partial charge is 0.250 e. The van der Waals surface area contributed by atoms with Gasteiger partial charge in [0.1, 0.15) is 12.6 Å². The first-order valence-electron chi connectivity index (χ1n) is 6.14. The van der Waals surface area contributed by atoms with Gasteiger partial charge in [-0.25, -0.2) is 0 Å². The number of halogens is 2. The summed E-state index contributed by atoms with van der Waals surface area (Å²) in [6.07, 6.45) is 1.62. The van der Waals surface area contributed by atoms with Crippen molar-refractivity contribution >= 4 is 40.7 Å². The summed E-state index contributed by atoms with van der Waals surface area (Å²) in [4.78, 5) is 27.6. The molecule has 1 atom stereocenters. The zero-order valence-corrected chi connectivity index (χ0v) is 11.6. The Morgan fingerprint density at radius 3 is 2.68 bits per heavy atom. The molecule has 100 valence electrons. The maximum absolute atomic E-state index is 12.4. The molecule has 0 aliphatic carbocycles. The molecule has 1 aromatic carbocycles. The Bertz CT molecular complexity index is 562. The summed E-state index contributed by atoms with van der Waals surface area (Å²) in [6, 6.07) is 4.66. The number of nitrogens with zero attached hydrogens (tertiary/aromatic N) is 2. The van der Waals surface area contributed by atoms with Gasteiger partial charge < -0.3 is 9.80 Å². The van der Waals surface area contributed by atoms with E-state index in [1.807, 2.05) is 0 Å². The lowest BCUT2D eigenvalue weighted by molar-refractivity contribution is -0.140. The van der Waals surface area contributed by atoms with Gasteiger partial charge in [0.15, 0.2) is 0 Å². The second kappa shape index (κ2) is 4.69. The SMILES string of the molecule is O=C1C2CCCN2C(=O)CN1c1ccc(Cl)c(Cl)c1. The molecule has 1 aromatic rings. The molecule has 3 rings (SSSR count). The summed E-state index contributed by atoms with van der Waals surface area (Å²) < 4.78 is 0. The first kappa shape index (κ1) is 12.8. The molecule has 2 aliphatic heterocycles. The molecule has 0 aromatic heterocycles. The van der Waals surface area contributed by atoms with Crippen LogP contribution in [0.1, 0.15) is 12.8 Å². The summed E-state index contributed by atoms with van der Waals surface area (Å²) >= 11 is 11.8. The van der Waals surface area contributed by atoms with Crippen LogP contribution in [0.25, 0.3) is 0 Å². The Kier molecular flexibility index (Phi) is 3.15. The highest BCUT2D eigenvalue weighted by atomic mass is 35.5. The Labute approximate surface area is 120 Å². The number of rotatable bonds is 1. The third-order valence-corrected chi connectivity index (χ3v) is 4.37. The van der Waals surface area contributed by atoms with Gasteiger partial charge in [0.05, 0.1) is 10.0 Å². The monoisotopic (exact) mass is 298 g/mol. The van der Waals surface area contributed by atoms with E-state index in [4.69, 9.17) is 23.2 Å². The fourth-order valence-electron chi connectivity index (χ4n) is 2.68. The molecule has 0 N–H and O–H groups in total. The van der Waals surface area contributed by atoms with Crippen LogP contribution in [0.5, 0.6) is 0 Å². The Balaban J connectivity index is 1.94. The van der Waals surface area contributed by atoms with E-state index >= 15 is 0 Å². The fourth-order valence-corrected chi connectivity index (χ4v) is 2.97. The molecule has 0 spiro atoms. The molecule has 2 saturated heterocycles. The van der Waals surface area contributed by atoms with Gasteiger partial charge in [0.2, 0.25) is 11.8 Å². The van der Waals surface area contributed by atoms with E-state index in [0.717, 1.165) is 12.8 Å². The molecule has 2 aliphatic rings. The Morgan fingerprint density at radius 1 is 1.16 bits per heavy atom. The van der Waals surface area contributed by atoms with Crippen LogP contribution in [0.15, 0.2) is 18.2 Å². The van der Waals surface area contributed by atoms with E-state index in [0.29, 0.717) is 22.3 Å². The predicted octanol–water partition coefficient (Wildman–Crippen LogP) is 2.33. The number of fused-ring (bicyclic) bond motifs is 1. The van der Waals surface area contributed by atoms with Crippen molar-refractivity contribution in [1.82, 2.24) is 4.90 Å². The van der Waals surface area contributed by atoms with Gasteiger partial charge in [-0.05, 0) is 31.0 Å². The Morgan fingerprint density at radius 2 is 1.95 bits per heavy atom. The normalized spacial score (nSPS) is 22.9. The highest BCUT2D eigenvalue weighted by Crippen LogP contribution is 2.31. The molecular formula is C13H12Cl2N2O2. The summed E-state index contributed by atoms with van der Waals surface area (Å²) in [6.45, 7) is 0.762. The minimum Gasteiger partial charge on any atom is -0.329 e. The van der Waals surface area contributed by atoms with Gasteiger partial charge >= 0.3 is 0 Å².